The van der Waals surface area contributed by atoms with Crippen LogP contribution in [0.3, 0.4) is 0 Å². The molecule has 0 aliphatic heterocycles. The van der Waals surface area contributed by atoms with Crippen LogP contribution in [0, 0.1) is 22.7 Å². The fraction of sp³-hybridized carbons (Fsp3) is 0.800. The van der Waals surface area contributed by atoms with Crippen molar-refractivity contribution < 1.29 is 4.79 Å². The minimum atomic E-state index is -0.232. The highest BCUT2D eigenvalue weighted by molar-refractivity contribution is 5.66. The van der Waals surface area contributed by atoms with Crippen LogP contribution >= 0.6 is 0 Å². The molecule has 0 spiro atoms. The van der Waals surface area contributed by atoms with Gasteiger partial charge in [0.2, 0.25) is 0 Å². The fourth-order valence-corrected chi connectivity index (χ4v) is 1.66. The lowest BCUT2D eigenvalue weighted by Crippen LogP contribution is -2.04. The molecule has 0 amide bonds. The highest BCUT2D eigenvalue weighted by Gasteiger charge is 2.53. The zero-order valence-electron chi connectivity index (χ0n) is 7.55. The number of carbonyl (C=O) groups is 1. The molecule has 0 bridgehead atoms. The zero-order valence-corrected chi connectivity index (χ0v) is 7.55. The summed E-state index contributed by atoms with van der Waals surface area (Å²) < 4.78 is 0. The maximum atomic E-state index is 10.7. The van der Waals surface area contributed by atoms with E-state index in [-0.39, 0.29) is 11.3 Å². The van der Waals surface area contributed by atoms with Crippen molar-refractivity contribution in [2.45, 2.75) is 39.0 Å². The van der Waals surface area contributed by atoms with Crippen LogP contribution < -0.4 is 0 Å². The van der Waals surface area contributed by atoms with Crippen LogP contribution in [0.4, 0.5) is 0 Å². The number of nitrogens with zero attached hydrogens (tertiary/aromatic N) is 1. The molecule has 0 aromatic carbocycles. The van der Waals surface area contributed by atoms with Crippen LogP contribution in [0.15, 0.2) is 0 Å². The fourth-order valence-electron chi connectivity index (χ4n) is 1.66. The molecule has 0 unspecified atom stereocenters. The summed E-state index contributed by atoms with van der Waals surface area (Å²) in [6.45, 7) is 2.14. The molecule has 0 N–H and O–H groups in total. The minimum Gasteiger partial charge on any atom is -0.303 e. The van der Waals surface area contributed by atoms with Crippen LogP contribution in [0.2, 0.25) is 0 Å². The smallest absolute Gasteiger partial charge is 0.127 e. The highest BCUT2D eigenvalue weighted by Crippen LogP contribution is 2.53. The van der Waals surface area contributed by atoms with Gasteiger partial charge < -0.3 is 4.79 Å². The van der Waals surface area contributed by atoms with Gasteiger partial charge in [0, 0.05) is 5.41 Å². The van der Waals surface area contributed by atoms with E-state index in [1.807, 2.05) is 0 Å². The molecule has 2 atom stereocenters. The van der Waals surface area contributed by atoms with Gasteiger partial charge in [0.1, 0.15) is 6.29 Å². The van der Waals surface area contributed by atoms with E-state index >= 15 is 0 Å². The first-order valence-corrected chi connectivity index (χ1v) is 4.65. The van der Waals surface area contributed by atoms with Gasteiger partial charge in [0.05, 0.1) is 12.0 Å². The summed E-state index contributed by atoms with van der Waals surface area (Å²) >= 11 is 0. The topological polar surface area (TPSA) is 40.9 Å². The van der Waals surface area contributed by atoms with Crippen molar-refractivity contribution >= 4 is 6.29 Å². The Morgan fingerprint density at radius 1 is 1.67 bits per heavy atom. The first-order chi connectivity index (χ1) is 5.79. The van der Waals surface area contributed by atoms with E-state index in [2.05, 4.69) is 13.0 Å². The second kappa shape index (κ2) is 3.71. The number of hydrogen-bond acceptors (Lipinski definition) is 2. The number of aldehydes is 1. The van der Waals surface area contributed by atoms with Gasteiger partial charge in [-0.25, -0.2) is 0 Å². The summed E-state index contributed by atoms with van der Waals surface area (Å²) in [6.07, 6.45) is 6.16. The van der Waals surface area contributed by atoms with E-state index in [1.165, 1.54) is 12.8 Å². The third-order valence-corrected chi connectivity index (χ3v) is 2.75. The Balaban J connectivity index is 2.30. The molecule has 2 heteroatoms. The first kappa shape index (κ1) is 9.25. The van der Waals surface area contributed by atoms with E-state index in [4.69, 9.17) is 5.26 Å². The summed E-state index contributed by atoms with van der Waals surface area (Å²) in [5.74, 6) is 0.0202. The van der Waals surface area contributed by atoms with Crippen molar-refractivity contribution in [3.63, 3.8) is 0 Å². The van der Waals surface area contributed by atoms with Crippen molar-refractivity contribution in [2.75, 3.05) is 0 Å². The lowest BCUT2D eigenvalue weighted by atomic mass is 9.98. The van der Waals surface area contributed by atoms with Gasteiger partial charge in [-0.15, -0.1) is 0 Å². The zero-order chi connectivity index (χ0) is 9.03. The Morgan fingerprint density at radius 3 is 2.83 bits per heavy atom. The molecule has 1 aliphatic carbocycles. The van der Waals surface area contributed by atoms with E-state index < -0.39 is 0 Å². The predicted octanol–water partition coefficient (Wildman–Crippen LogP) is 2.30. The molecule has 0 aromatic rings. The van der Waals surface area contributed by atoms with Crippen molar-refractivity contribution in [3.05, 3.63) is 0 Å². The van der Waals surface area contributed by atoms with Crippen molar-refractivity contribution in [1.82, 2.24) is 0 Å². The number of carbonyl (C=O) groups excluding carboxylic acids is 1. The Labute approximate surface area is 73.6 Å². The van der Waals surface area contributed by atoms with Crippen LogP contribution in [0.1, 0.15) is 39.0 Å². The summed E-state index contributed by atoms with van der Waals surface area (Å²) in [5, 5.41) is 8.62. The predicted molar refractivity (Wildman–Crippen MR) is 46.4 cm³/mol. The third kappa shape index (κ3) is 1.66. The van der Waals surface area contributed by atoms with E-state index in [0.29, 0.717) is 0 Å². The maximum absolute atomic E-state index is 10.7. The van der Waals surface area contributed by atoms with Crippen LogP contribution in [0.25, 0.3) is 0 Å². The number of hydrogen-bond donors (Lipinski definition) is 0. The molecular formula is C10H15NO. The normalized spacial score (nSPS) is 32.5. The minimum absolute atomic E-state index is 0.0202. The quantitative estimate of drug-likeness (QED) is 0.463. The largest absolute Gasteiger partial charge is 0.303 e. The summed E-state index contributed by atoms with van der Waals surface area (Å²) in [6, 6.07) is 2.18. The molecule has 1 rings (SSSR count). The van der Waals surface area contributed by atoms with Gasteiger partial charge in [-0.2, -0.15) is 5.26 Å². The van der Waals surface area contributed by atoms with Gasteiger partial charge in [-0.05, 0) is 12.8 Å². The average molecular weight is 165 g/mol. The van der Waals surface area contributed by atoms with Crippen LogP contribution in [0.5, 0.6) is 0 Å². The van der Waals surface area contributed by atoms with Crippen LogP contribution in [-0.2, 0) is 4.79 Å². The molecule has 1 fully saturated rings. The monoisotopic (exact) mass is 165 g/mol. The van der Waals surface area contributed by atoms with E-state index in [0.717, 1.165) is 25.5 Å². The summed E-state index contributed by atoms with van der Waals surface area (Å²) in [7, 11) is 0. The Hall–Kier alpha value is -0.840. The van der Waals surface area contributed by atoms with Gasteiger partial charge in [-0.1, -0.05) is 26.2 Å². The van der Waals surface area contributed by atoms with E-state index in [1.54, 1.807) is 0 Å². The average Bonchev–Trinajstić information content (AvgIpc) is 2.80. The lowest BCUT2D eigenvalue weighted by Gasteiger charge is -2.05. The van der Waals surface area contributed by atoms with Crippen LogP contribution in [-0.4, -0.2) is 6.29 Å². The first-order valence-electron chi connectivity index (χ1n) is 4.65. The SMILES string of the molecule is CCCCC[C@@]1(C=O)C[C@H]1C#N. The van der Waals surface area contributed by atoms with Crippen molar-refractivity contribution in [3.8, 4) is 6.07 Å². The molecule has 0 aromatic heterocycles. The third-order valence-electron chi connectivity index (χ3n) is 2.75. The van der Waals surface area contributed by atoms with E-state index in [9.17, 15) is 4.79 Å². The Kier molecular flexibility index (Phi) is 2.86. The number of unbranched alkanes of at least 4 members (excludes halogenated alkanes) is 2. The molecule has 66 valence electrons. The van der Waals surface area contributed by atoms with Crippen molar-refractivity contribution in [1.29, 1.82) is 5.26 Å². The summed E-state index contributed by atoms with van der Waals surface area (Å²) in [4.78, 5) is 10.7. The summed E-state index contributed by atoms with van der Waals surface area (Å²) in [5.41, 5.74) is -0.232. The van der Waals surface area contributed by atoms with Gasteiger partial charge >= 0.3 is 0 Å². The number of rotatable bonds is 5. The van der Waals surface area contributed by atoms with Gasteiger partial charge in [0.15, 0.2) is 0 Å². The second-order valence-corrected chi connectivity index (χ2v) is 3.69. The molecule has 0 saturated heterocycles. The van der Waals surface area contributed by atoms with Crippen molar-refractivity contribution in [2.24, 2.45) is 11.3 Å². The molecule has 0 radical (unpaired) electrons. The standard InChI is InChI=1S/C10H15NO/c1-2-3-4-5-10(8-12)6-9(10)7-11/h8-9H,2-6H2,1H3/t9-,10-/m0/s1. The molecule has 1 aliphatic rings. The number of nitriles is 1. The Morgan fingerprint density at radius 2 is 2.42 bits per heavy atom. The maximum Gasteiger partial charge on any atom is 0.127 e. The van der Waals surface area contributed by atoms with Gasteiger partial charge in [-0.3, -0.25) is 0 Å². The Bertz CT molecular complexity index is 206. The molecular weight excluding hydrogens is 150 g/mol. The highest BCUT2D eigenvalue weighted by atomic mass is 16.1. The molecule has 2 nitrogen and oxygen atoms in total. The van der Waals surface area contributed by atoms with Gasteiger partial charge in [0.25, 0.3) is 0 Å². The lowest BCUT2D eigenvalue weighted by molar-refractivity contribution is -0.112. The molecule has 1 saturated carbocycles. The second-order valence-electron chi connectivity index (χ2n) is 3.69. The molecule has 12 heavy (non-hydrogen) atoms. The molecule has 0 heterocycles.